The number of anilines is 1. The number of amides is 1. The summed E-state index contributed by atoms with van der Waals surface area (Å²) in [5.74, 6) is 0.0628. The second kappa shape index (κ2) is 5.02. The number of nitrogens with zero attached hydrogens (tertiary/aromatic N) is 2. The zero-order chi connectivity index (χ0) is 15.0. The molecule has 1 aromatic heterocycles. The maximum Gasteiger partial charge on any atom is 0.277 e. The monoisotopic (exact) mass is 301 g/mol. The largest absolute Gasteiger partial charge is 0.497 e. The summed E-state index contributed by atoms with van der Waals surface area (Å²) in [4.78, 5) is 20.2. The molecule has 106 valence electrons. The number of thiazole rings is 1. The van der Waals surface area contributed by atoms with Gasteiger partial charge in [-0.2, -0.15) is 4.98 Å². The van der Waals surface area contributed by atoms with Gasteiger partial charge in [-0.3, -0.25) is 4.79 Å². The molecule has 1 aliphatic heterocycles. The molecule has 0 bridgehead atoms. The Kier molecular flexibility index (Phi) is 3.19. The predicted molar refractivity (Wildman–Crippen MR) is 79.4 cm³/mol. The first-order valence-electron chi connectivity index (χ1n) is 6.02. The average molecular weight is 301 g/mol. The molecule has 0 saturated heterocycles. The maximum absolute atomic E-state index is 12.0. The van der Waals surface area contributed by atoms with Crippen LogP contribution in [0.15, 0.2) is 28.8 Å². The SMILES string of the molecule is COc1ccc2c(c1)=NC(=O)C(=Cc1sc(N)nc1O)C=2. The number of methoxy groups -OCH3 is 1. The summed E-state index contributed by atoms with van der Waals surface area (Å²) in [5, 5.41) is 11.2. The number of benzene rings is 1. The number of nitrogen functional groups attached to an aromatic ring is 1. The van der Waals surface area contributed by atoms with Crippen molar-refractivity contribution in [1.29, 1.82) is 0 Å². The van der Waals surface area contributed by atoms with Crippen LogP contribution in [0, 0.1) is 0 Å². The number of hydrogen-bond donors (Lipinski definition) is 2. The molecule has 1 aliphatic rings. The fourth-order valence-electron chi connectivity index (χ4n) is 1.95. The molecule has 3 rings (SSSR count). The first-order chi connectivity index (χ1) is 10.1. The highest BCUT2D eigenvalue weighted by atomic mass is 32.1. The lowest BCUT2D eigenvalue weighted by Gasteiger charge is -2.04. The van der Waals surface area contributed by atoms with Gasteiger partial charge >= 0.3 is 0 Å². The number of nitrogens with two attached hydrogens (primary N) is 1. The van der Waals surface area contributed by atoms with Gasteiger partial charge < -0.3 is 15.6 Å². The van der Waals surface area contributed by atoms with Gasteiger partial charge in [0.2, 0.25) is 5.88 Å². The van der Waals surface area contributed by atoms with E-state index in [1.165, 1.54) is 6.08 Å². The molecule has 7 heteroatoms. The Morgan fingerprint density at radius 3 is 2.90 bits per heavy atom. The minimum atomic E-state index is -0.387. The Balaban J connectivity index is 2.12. The van der Waals surface area contributed by atoms with Crippen LogP contribution in [0.1, 0.15) is 4.88 Å². The number of rotatable bonds is 2. The second-order valence-electron chi connectivity index (χ2n) is 4.33. The van der Waals surface area contributed by atoms with Gasteiger partial charge in [0.15, 0.2) is 5.13 Å². The fraction of sp³-hybridized carbons (Fsp3) is 0.0714. The number of aromatic nitrogens is 1. The van der Waals surface area contributed by atoms with Gasteiger partial charge in [-0.05, 0) is 24.3 Å². The van der Waals surface area contributed by atoms with Gasteiger partial charge in [0.05, 0.1) is 17.3 Å². The lowest BCUT2D eigenvalue weighted by Crippen LogP contribution is -2.30. The van der Waals surface area contributed by atoms with Crippen LogP contribution < -0.4 is 21.0 Å². The summed E-state index contributed by atoms with van der Waals surface area (Å²) in [7, 11) is 1.55. The van der Waals surface area contributed by atoms with Crippen LogP contribution >= 0.6 is 11.3 Å². The van der Waals surface area contributed by atoms with Gasteiger partial charge in [0, 0.05) is 16.9 Å². The van der Waals surface area contributed by atoms with Gasteiger partial charge in [-0.15, -0.1) is 0 Å². The molecule has 0 saturated carbocycles. The van der Waals surface area contributed by atoms with Gasteiger partial charge in [0.25, 0.3) is 5.91 Å². The first kappa shape index (κ1) is 13.3. The predicted octanol–water partition coefficient (Wildman–Crippen LogP) is 0.463. The number of hydrogen-bond acceptors (Lipinski definition) is 6. The highest BCUT2D eigenvalue weighted by Crippen LogP contribution is 2.28. The van der Waals surface area contributed by atoms with Crippen molar-refractivity contribution in [1.82, 2.24) is 4.98 Å². The van der Waals surface area contributed by atoms with Crippen molar-refractivity contribution in [3.05, 3.63) is 39.2 Å². The topological polar surface area (TPSA) is 97.8 Å². The molecule has 0 spiro atoms. The normalized spacial score (nSPS) is 15.3. The number of fused-ring (bicyclic) bond motifs is 1. The highest BCUT2D eigenvalue weighted by Gasteiger charge is 2.13. The van der Waals surface area contributed by atoms with E-state index in [-0.39, 0.29) is 16.9 Å². The Morgan fingerprint density at radius 2 is 2.24 bits per heavy atom. The smallest absolute Gasteiger partial charge is 0.277 e. The van der Waals surface area contributed by atoms with E-state index in [4.69, 9.17) is 10.5 Å². The van der Waals surface area contributed by atoms with Gasteiger partial charge in [-0.25, -0.2) is 4.99 Å². The fourth-order valence-corrected chi connectivity index (χ4v) is 2.63. The third-order valence-electron chi connectivity index (χ3n) is 2.96. The zero-order valence-corrected chi connectivity index (χ0v) is 11.8. The summed E-state index contributed by atoms with van der Waals surface area (Å²) in [5.41, 5.74) is 5.88. The summed E-state index contributed by atoms with van der Waals surface area (Å²) in [6, 6.07) is 5.31. The molecule has 6 nitrogen and oxygen atoms in total. The summed E-state index contributed by atoms with van der Waals surface area (Å²) in [6.45, 7) is 0. The van der Waals surface area contributed by atoms with E-state index in [9.17, 15) is 9.90 Å². The van der Waals surface area contributed by atoms with Gasteiger partial charge in [0.1, 0.15) is 5.75 Å². The molecule has 0 fully saturated rings. The standard InChI is InChI=1S/C14H11N3O3S/c1-20-9-3-2-7-4-8(12(18)16-10(7)6-9)5-11-13(19)17-14(15)21-11/h2-6,19H,1H3,(H2,15,17). The van der Waals surface area contributed by atoms with Crippen LogP contribution in [-0.4, -0.2) is 23.1 Å². The zero-order valence-electron chi connectivity index (χ0n) is 11.0. The Bertz CT molecular complexity index is 883. The van der Waals surface area contributed by atoms with E-state index in [0.717, 1.165) is 16.6 Å². The molecule has 1 aromatic carbocycles. The Hall–Kier alpha value is -2.67. The third-order valence-corrected chi connectivity index (χ3v) is 3.78. The minimum absolute atomic E-state index is 0.188. The molecular formula is C14H11N3O3S. The van der Waals surface area contributed by atoms with E-state index in [1.54, 1.807) is 25.3 Å². The molecule has 0 aliphatic carbocycles. The lowest BCUT2D eigenvalue weighted by molar-refractivity contribution is -0.114. The highest BCUT2D eigenvalue weighted by molar-refractivity contribution is 7.16. The van der Waals surface area contributed by atoms with Crippen molar-refractivity contribution >= 4 is 34.5 Å². The van der Waals surface area contributed by atoms with Crippen LogP contribution in [0.25, 0.3) is 12.2 Å². The molecule has 3 N–H and O–H groups in total. The van der Waals surface area contributed by atoms with E-state index in [2.05, 4.69) is 9.98 Å². The Labute approximate surface area is 123 Å². The van der Waals surface area contributed by atoms with Crippen molar-refractivity contribution < 1.29 is 14.6 Å². The second-order valence-corrected chi connectivity index (χ2v) is 5.39. The van der Waals surface area contributed by atoms with E-state index < -0.39 is 0 Å². The first-order valence-corrected chi connectivity index (χ1v) is 6.84. The van der Waals surface area contributed by atoms with Crippen molar-refractivity contribution in [2.75, 3.05) is 12.8 Å². The molecule has 21 heavy (non-hydrogen) atoms. The lowest BCUT2D eigenvalue weighted by atomic mass is 10.1. The summed E-state index contributed by atoms with van der Waals surface area (Å²) in [6.07, 6.45) is 3.24. The van der Waals surface area contributed by atoms with Crippen LogP contribution in [0.4, 0.5) is 5.13 Å². The van der Waals surface area contributed by atoms with Crippen molar-refractivity contribution in [3.8, 4) is 11.6 Å². The molecular weight excluding hydrogens is 290 g/mol. The van der Waals surface area contributed by atoms with Crippen LogP contribution in [0.2, 0.25) is 0 Å². The molecule has 0 unspecified atom stereocenters. The van der Waals surface area contributed by atoms with Crippen molar-refractivity contribution in [3.63, 3.8) is 0 Å². The number of carbonyl (C=O) groups excluding carboxylic acids is 1. The molecule has 0 atom stereocenters. The molecule has 1 amide bonds. The number of ether oxygens (including phenoxy) is 1. The van der Waals surface area contributed by atoms with Crippen molar-refractivity contribution in [2.24, 2.45) is 4.99 Å². The molecule has 2 aromatic rings. The molecule has 0 radical (unpaired) electrons. The average Bonchev–Trinajstić information content (AvgIpc) is 2.77. The quantitative estimate of drug-likeness (QED) is 0.785. The van der Waals surface area contributed by atoms with Gasteiger partial charge in [-0.1, -0.05) is 11.3 Å². The number of aromatic hydroxyl groups is 1. The van der Waals surface area contributed by atoms with Crippen molar-refractivity contribution in [2.45, 2.75) is 0 Å². The summed E-state index contributed by atoms with van der Waals surface area (Å²) >= 11 is 1.10. The van der Waals surface area contributed by atoms with Crippen LogP contribution in [0.3, 0.4) is 0 Å². The summed E-state index contributed by atoms with van der Waals surface area (Å²) < 4.78 is 5.10. The van der Waals surface area contributed by atoms with Crippen LogP contribution in [-0.2, 0) is 4.79 Å². The van der Waals surface area contributed by atoms with E-state index in [0.29, 0.717) is 21.6 Å². The third kappa shape index (κ3) is 2.50. The minimum Gasteiger partial charge on any atom is -0.497 e. The number of carbonyl (C=O) groups is 1. The van der Waals surface area contributed by atoms with E-state index in [1.807, 2.05) is 6.07 Å². The molecule has 2 heterocycles. The van der Waals surface area contributed by atoms with E-state index >= 15 is 0 Å². The van der Waals surface area contributed by atoms with Crippen LogP contribution in [0.5, 0.6) is 11.6 Å². The Morgan fingerprint density at radius 1 is 1.43 bits per heavy atom. The maximum atomic E-state index is 12.0.